The number of methoxy groups -OCH3 is 1. The predicted molar refractivity (Wildman–Crippen MR) is 66.5 cm³/mol. The van der Waals surface area contributed by atoms with Gasteiger partial charge in [-0.05, 0) is 37.1 Å². The van der Waals surface area contributed by atoms with Crippen molar-refractivity contribution in [2.75, 3.05) is 13.7 Å². The van der Waals surface area contributed by atoms with Crippen LogP contribution < -0.4 is 0 Å². The Kier molecular flexibility index (Phi) is 4.31. The Morgan fingerprint density at radius 3 is 3.06 bits per heavy atom. The van der Waals surface area contributed by atoms with Crippen LogP contribution in [0.15, 0.2) is 24.3 Å². The quantitative estimate of drug-likeness (QED) is 0.772. The highest BCUT2D eigenvalue weighted by Crippen LogP contribution is 2.20. The summed E-state index contributed by atoms with van der Waals surface area (Å²) in [5, 5.41) is 0. The maximum Gasteiger partial charge on any atom is 0.323 e. The van der Waals surface area contributed by atoms with Crippen LogP contribution in [0.4, 0.5) is 4.39 Å². The third kappa shape index (κ3) is 3.07. The normalized spacial score (nSPS) is 20.7. The van der Waals surface area contributed by atoms with Gasteiger partial charge in [-0.15, -0.1) is 0 Å². The van der Waals surface area contributed by atoms with Gasteiger partial charge in [-0.2, -0.15) is 0 Å². The van der Waals surface area contributed by atoms with Gasteiger partial charge in [0.15, 0.2) is 0 Å². The summed E-state index contributed by atoms with van der Waals surface area (Å²) in [6.45, 7) is 1.45. The van der Waals surface area contributed by atoms with Gasteiger partial charge in [0.1, 0.15) is 11.9 Å². The van der Waals surface area contributed by atoms with Crippen LogP contribution in [0.3, 0.4) is 0 Å². The largest absolute Gasteiger partial charge is 0.468 e. The minimum atomic E-state index is -0.237. The van der Waals surface area contributed by atoms with E-state index >= 15 is 0 Å². The number of likely N-dealkylation sites (tertiary alicyclic amines) is 1. The van der Waals surface area contributed by atoms with Crippen molar-refractivity contribution in [3.63, 3.8) is 0 Å². The first-order chi connectivity index (χ1) is 8.70. The van der Waals surface area contributed by atoms with E-state index in [2.05, 4.69) is 4.90 Å². The molecule has 0 radical (unpaired) electrons. The first kappa shape index (κ1) is 13.0. The Bertz CT molecular complexity index is 422. The molecule has 0 spiro atoms. The van der Waals surface area contributed by atoms with Crippen LogP contribution in [0.5, 0.6) is 0 Å². The molecule has 98 valence electrons. The third-order valence-electron chi connectivity index (χ3n) is 3.36. The SMILES string of the molecule is COC(=O)[C@H]1CCCCN1Cc1cccc(F)c1. The van der Waals surface area contributed by atoms with Crippen LogP contribution in [0.25, 0.3) is 0 Å². The first-order valence-corrected chi connectivity index (χ1v) is 6.27. The molecule has 0 unspecified atom stereocenters. The van der Waals surface area contributed by atoms with Gasteiger partial charge in [0.05, 0.1) is 7.11 Å². The molecule has 1 atom stereocenters. The van der Waals surface area contributed by atoms with Gasteiger partial charge in [0.25, 0.3) is 0 Å². The first-order valence-electron chi connectivity index (χ1n) is 6.27. The van der Waals surface area contributed by atoms with E-state index in [1.807, 2.05) is 6.07 Å². The summed E-state index contributed by atoms with van der Waals surface area (Å²) in [5.41, 5.74) is 0.894. The number of halogens is 1. The standard InChI is InChI=1S/C14H18FNO2/c1-18-14(17)13-7-2-3-8-16(13)10-11-5-4-6-12(15)9-11/h4-6,9,13H,2-3,7-8,10H2,1H3/t13-/m1/s1. The fourth-order valence-corrected chi connectivity index (χ4v) is 2.45. The summed E-state index contributed by atoms with van der Waals surface area (Å²) in [5.74, 6) is -0.426. The molecular formula is C14H18FNO2. The van der Waals surface area contributed by atoms with E-state index in [1.54, 1.807) is 6.07 Å². The highest BCUT2D eigenvalue weighted by molar-refractivity contribution is 5.75. The molecule has 1 fully saturated rings. The molecule has 1 aliphatic heterocycles. The second-order valence-electron chi connectivity index (χ2n) is 4.64. The Morgan fingerprint density at radius 1 is 1.50 bits per heavy atom. The van der Waals surface area contributed by atoms with Crippen LogP contribution in [-0.4, -0.2) is 30.6 Å². The van der Waals surface area contributed by atoms with Gasteiger partial charge in [-0.25, -0.2) is 4.39 Å². The van der Waals surface area contributed by atoms with Crippen LogP contribution in [0.2, 0.25) is 0 Å². The smallest absolute Gasteiger partial charge is 0.323 e. The fourth-order valence-electron chi connectivity index (χ4n) is 2.45. The molecule has 3 nitrogen and oxygen atoms in total. The lowest BCUT2D eigenvalue weighted by molar-refractivity contribution is -0.148. The maximum atomic E-state index is 13.1. The van der Waals surface area contributed by atoms with Crippen molar-refractivity contribution in [3.8, 4) is 0 Å². The van der Waals surface area contributed by atoms with Crippen molar-refractivity contribution < 1.29 is 13.9 Å². The van der Waals surface area contributed by atoms with Crippen LogP contribution in [-0.2, 0) is 16.1 Å². The molecule has 0 N–H and O–H groups in total. The highest BCUT2D eigenvalue weighted by atomic mass is 19.1. The molecule has 1 saturated heterocycles. The average Bonchev–Trinajstić information content (AvgIpc) is 2.38. The van der Waals surface area contributed by atoms with Crippen molar-refractivity contribution in [1.82, 2.24) is 4.90 Å². The highest BCUT2D eigenvalue weighted by Gasteiger charge is 2.29. The number of carbonyl (C=O) groups is 1. The van der Waals surface area contributed by atoms with Crippen molar-refractivity contribution in [1.29, 1.82) is 0 Å². The summed E-state index contributed by atoms with van der Waals surface area (Å²) in [6.07, 6.45) is 2.93. The van der Waals surface area contributed by atoms with Crippen LogP contribution in [0, 0.1) is 5.82 Å². The lowest BCUT2D eigenvalue weighted by Crippen LogP contribution is -2.44. The molecule has 1 aromatic rings. The lowest BCUT2D eigenvalue weighted by atomic mass is 10.0. The van der Waals surface area contributed by atoms with Gasteiger partial charge in [0, 0.05) is 6.54 Å². The number of hydrogen-bond donors (Lipinski definition) is 0. The summed E-state index contributed by atoms with van der Waals surface area (Å²) in [6, 6.07) is 6.33. The third-order valence-corrected chi connectivity index (χ3v) is 3.36. The second-order valence-corrected chi connectivity index (χ2v) is 4.64. The van der Waals surface area contributed by atoms with Gasteiger partial charge < -0.3 is 4.74 Å². The van der Waals surface area contributed by atoms with Crippen molar-refractivity contribution in [2.45, 2.75) is 31.8 Å². The number of hydrogen-bond acceptors (Lipinski definition) is 3. The van der Waals surface area contributed by atoms with Crippen molar-refractivity contribution in [3.05, 3.63) is 35.6 Å². The molecule has 0 bridgehead atoms. The molecule has 4 heteroatoms. The Hall–Kier alpha value is -1.42. The van der Waals surface area contributed by atoms with E-state index in [1.165, 1.54) is 19.2 Å². The molecule has 1 heterocycles. The van der Waals surface area contributed by atoms with Crippen LogP contribution in [0.1, 0.15) is 24.8 Å². The molecule has 18 heavy (non-hydrogen) atoms. The van der Waals surface area contributed by atoms with E-state index in [-0.39, 0.29) is 17.8 Å². The molecule has 0 saturated carbocycles. The van der Waals surface area contributed by atoms with Gasteiger partial charge in [-0.3, -0.25) is 9.69 Å². The Labute approximate surface area is 107 Å². The van der Waals surface area contributed by atoms with Crippen molar-refractivity contribution in [2.24, 2.45) is 0 Å². The second kappa shape index (κ2) is 5.96. The summed E-state index contributed by atoms with van der Waals surface area (Å²) in [4.78, 5) is 13.8. The molecule has 0 aromatic heterocycles. The minimum absolute atomic E-state index is 0.188. The fraction of sp³-hybridized carbons (Fsp3) is 0.500. The zero-order valence-electron chi connectivity index (χ0n) is 10.6. The number of carbonyl (C=O) groups excluding carboxylic acids is 1. The number of esters is 1. The maximum absolute atomic E-state index is 13.1. The van der Waals surface area contributed by atoms with Crippen LogP contribution >= 0.6 is 0 Å². The molecule has 2 rings (SSSR count). The van der Waals surface area contributed by atoms with E-state index < -0.39 is 0 Å². The summed E-state index contributed by atoms with van der Waals surface area (Å²) >= 11 is 0. The van der Waals surface area contributed by atoms with Gasteiger partial charge >= 0.3 is 5.97 Å². The number of benzene rings is 1. The van der Waals surface area contributed by atoms with Gasteiger partial charge in [-0.1, -0.05) is 18.6 Å². The van der Waals surface area contributed by atoms with E-state index in [4.69, 9.17) is 4.74 Å². The topological polar surface area (TPSA) is 29.5 Å². The molecule has 1 aromatic carbocycles. The van der Waals surface area contributed by atoms with Crippen molar-refractivity contribution >= 4 is 5.97 Å². The minimum Gasteiger partial charge on any atom is -0.468 e. The zero-order chi connectivity index (χ0) is 13.0. The molecule has 1 aliphatic rings. The Morgan fingerprint density at radius 2 is 2.33 bits per heavy atom. The summed E-state index contributed by atoms with van der Waals surface area (Å²) < 4.78 is 18.0. The zero-order valence-corrected chi connectivity index (χ0v) is 10.6. The number of rotatable bonds is 3. The monoisotopic (exact) mass is 251 g/mol. The predicted octanol–water partition coefficient (Wildman–Crippen LogP) is 2.35. The molecule has 0 amide bonds. The molecular weight excluding hydrogens is 233 g/mol. The summed E-state index contributed by atoms with van der Waals surface area (Å²) in [7, 11) is 1.41. The lowest BCUT2D eigenvalue weighted by Gasteiger charge is -2.33. The van der Waals surface area contributed by atoms with Gasteiger partial charge in [0.2, 0.25) is 0 Å². The number of nitrogens with zero attached hydrogens (tertiary/aromatic N) is 1. The average molecular weight is 251 g/mol. The van der Waals surface area contributed by atoms with E-state index in [9.17, 15) is 9.18 Å². The number of ether oxygens (including phenoxy) is 1. The number of piperidine rings is 1. The Balaban J connectivity index is 2.07. The van der Waals surface area contributed by atoms with E-state index in [0.717, 1.165) is 31.4 Å². The molecule has 0 aliphatic carbocycles. The van der Waals surface area contributed by atoms with E-state index in [0.29, 0.717) is 6.54 Å².